The van der Waals surface area contributed by atoms with E-state index in [1.54, 1.807) is 12.1 Å². The van der Waals surface area contributed by atoms with E-state index in [4.69, 9.17) is 0 Å². The Morgan fingerprint density at radius 3 is 2.56 bits per heavy atom. The van der Waals surface area contributed by atoms with Gasteiger partial charge in [0.05, 0.1) is 0 Å². The molecule has 0 aliphatic carbocycles. The first-order valence-corrected chi connectivity index (χ1v) is 5.20. The van der Waals surface area contributed by atoms with E-state index in [9.17, 15) is 9.59 Å². The summed E-state index contributed by atoms with van der Waals surface area (Å²) in [6.45, 7) is 1.84. The molecule has 0 radical (unpaired) electrons. The largest absolute Gasteiger partial charge is 0.318 e. The Balaban J connectivity index is 2.00. The highest BCUT2D eigenvalue weighted by Crippen LogP contribution is 2.12. The molecule has 0 saturated carbocycles. The summed E-state index contributed by atoms with van der Waals surface area (Å²) >= 11 is 0. The summed E-state index contributed by atoms with van der Waals surface area (Å²) in [5.74, 6) is -1.45. The predicted molar refractivity (Wildman–Crippen MR) is 64.8 cm³/mol. The fourth-order valence-electron chi connectivity index (χ4n) is 1.32. The van der Waals surface area contributed by atoms with Crippen LogP contribution < -0.4 is 10.6 Å². The topological polar surface area (TPSA) is 99.8 Å². The summed E-state index contributed by atoms with van der Waals surface area (Å²) in [7, 11) is 0. The molecule has 0 unspecified atom stereocenters. The molecule has 0 spiro atoms. The predicted octanol–water partition coefficient (Wildman–Crippen LogP) is 0.690. The number of amides is 2. The van der Waals surface area contributed by atoms with Crippen molar-refractivity contribution in [1.82, 2.24) is 15.2 Å². The summed E-state index contributed by atoms with van der Waals surface area (Å²) in [5.41, 5.74) is 1.47. The number of carbonyl (C=O) groups excluding carboxylic acids is 2. The van der Waals surface area contributed by atoms with Gasteiger partial charge in [0.25, 0.3) is 0 Å². The number of aryl methyl sites for hydroxylation is 1. The van der Waals surface area contributed by atoms with Crippen molar-refractivity contribution < 1.29 is 9.59 Å². The van der Waals surface area contributed by atoms with Gasteiger partial charge >= 0.3 is 11.8 Å². The molecule has 1 aromatic carbocycles. The Bertz CT molecular complexity index is 565. The third kappa shape index (κ3) is 2.70. The van der Waals surface area contributed by atoms with Crippen LogP contribution in [0.2, 0.25) is 0 Å². The summed E-state index contributed by atoms with van der Waals surface area (Å²) in [5, 5.41) is 10.8. The Kier molecular flexibility index (Phi) is 3.33. The highest BCUT2D eigenvalue weighted by atomic mass is 16.2. The van der Waals surface area contributed by atoms with Crippen LogP contribution in [0.3, 0.4) is 0 Å². The fourth-order valence-corrected chi connectivity index (χ4v) is 1.32. The zero-order valence-electron chi connectivity index (χ0n) is 9.60. The molecule has 2 rings (SSSR count). The second kappa shape index (κ2) is 5.09. The lowest BCUT2D eigenvalue weighted by Gasteiger charge is -2.07. The van der Waals surface area contributed by atoms with Gasteiger partial charge in [0.15, 0.2) is 0 Å². The van der Waals surface area contributed by atoms with Crippen molar-refractivity contribution in [2.75, 3.05) is 10.6 Å². The SMILES string of the molecule is Cc1ccccc1NC(=O)C(=O)Nc1ncn[nH]1. The third-order valence-electron chi connectivity index (χ3n) is 2.25. The maximum absolute atomic E-state index is 11.6. The Morgan fingerprint density at radius 2 is 1.89 bits per heavy atom. The molecule has 0 atom stereocenters. The number of aromatic amines is 1. The van der Waals surface area contributed by atoms with Crippen LogP contribution in [-0.2, 0) is 9.59 Å². The van der Waals surface area contributed by atoms with Crippen molar-refractivity contribution in [3.8, 4) is 0 Å². The van der Waals surface area contributed by atoms with Gasteiger partial charge in [-0.05, 0) is 18.6 Å². The first kappa shape index (κ1) is 11.8. The molecule has 0 bridgehead atoms. The van der Waals surface area contributed by atoms with Crippen LogP contribution in [0.4, 0.5) is 11.6 Å². The highest BCUT2D eigenvalue weighted by molar-refractivity contribution is 6.43. The lowest BCUT2D eigenvalue weighted by Crippen LogP contribution is -2.29. The van der Waals surface area contributed by atoms with Gasteiger partial charge in [-0.1, -0.05) is 18.2 Å². The molecule has 1 aromatic heterocycles. The fraction of sp³-hybridized carbons (Fsp3) is 0.0909. The molecule has 7 nitrogen and oxygen atoms in total. The number of benzene rings is 1. The maximum Gasteiger partial charge on any atom is 0.316 e. The van der Waals surface area contributed by atoms with Gasteiger partial charge < -0.3 is 5.32 Å². The lowest BCUT2D eigenvalue weighted by molar-refractivity contribution is -0.133. The van der Waals surface area contributed by atoms with Crippen LogP contribution in [0.1, 0.15) is 5.56 Å². The van der Waals surface area contributed by atoms with Crippen molar-refractivity contribution in [1.29, 1.82) is 0 Å². The maximum atomic E-state index is 11.6. The standard InChI is InChI=1S/C11H11N5O2/c1-7-4-2-3-5-8(7)14-9(17)10(18)15-11-12-6-13-16-11/h2-6H,1H3,(H,14,17)(H2,12,13,15,16,18). The van der Waals surface area contributed by atoms with Crippen molar-refractivity contribution in [3.05, 3.63) is 36.2 Å². The monoisotopic (exact) mass is 245 g/mol. The number of carbonyl (C=O) groups is 2. The number of H-pyrrole nitrogens is 1. The van der Waals surface area contributed by atoms with Crippen molar-refractivity contribution in [2.24, 2.45) is 0 Å². The number of nitrogens with zero attached hydrogens (tertiary/aromatic N) is 2. The first-order valence-electron chi connectivity index (χ1n) is 5.20. The van der Waals surface area contributed by atoms with Crippen LogP contribution in [-0.4, -0.2) is 27.0 Å². The van der Waals surface area contributed by atoms with Crippen LogP contribution in [0.5, 0.6) is 0 Å². The molecule has 0 aliphatic heterocycles. The molecular weight excluding hydrogens is 234 g/mol. The lowest BCUT2D eigenvalue weighted by atomic mass is 10.2. The molecule has 1 heterocycles. The third-order valence-corrected chi connectivity index (χ3v) is 2.25. The number of rotatable bonds is 2. The second-order valence-corrected chi connectivity index (χ2v) is 3.56. The quantitative estimate of drug-likeness (QED) is 0.678. The van der Waals surface area contributed by atoms with E-state index < -0.39 is 11.8 Å². The van der Waals surface area contributed by atoms with Crippen molar-refractivity contribution in [2.45, 2.75) is 6.92 Å². The number of nitrogens with one attached hydrogen (secondary N) is 3. The number of para-hydroxylation sites is 1. The minimum Gasteiger partial charge on any atom is -0.318 e. The summed E-state index contributed by atoms with van der Waals surface area (Å²) < 4.78 is 0. The first-order chi connectivity index (χ1) is 8.66. The molecule has 2 aromatic rings. The normalized spacial score (nSPS) is 9.83. The van der Waals surface area contributed by atoms with Gasteiger partial charge in [-0.3, -0.25) is 14.9 Å². The number of hydrogen-bond donors (Lipinski definition) is 3. The number of hydrogen-bond acceptors (Lipinski definition) is 4. The minimum atomic E-state index is -0.810. The van der Waals surface area contributed by atoms with Crippen LogP contribution in [0.25, 0.3) is 0 Å². The zero-order valence-corrected chi connectivity index (χ0v) is 9.60. The van der Waals surface area contributed by atoms with Gasteiger partial charge in [0.2, 0.25) is 5.95 Å². The van der Waals surface area contributed by atoms with Gasteiger partial charge in [-0.25, -0.2) is 5.10 Å². The Hall–Kier alpha value is -2.70. The van der Waals surface area contributed by atoms with Crippen molar-refractivity contribution >= 4 is 23.5 Å². The zero-order chi connectivity index (χ0) is 13.0. The van der Waals surface area contributed by atoms with E-state index in [0.717, 1.165) is 5.56 Å². The highest BCUT2D eigenvalue weighted by Gasteiger charge is 2.15. The van der Waals surface area contributed by atoms with E-state index in [2.05, 4.69) is 25.8 Å². The summed E-state index contributed by atoms with van der Waals surface area (Å²) in [6, 6.07) is 7.18. The van der Waals surface area contributed by atoms with Gasteiger partial charge in [0.1, 0.15) is 6.33 Å². The minimum absolute atomic E-state index is 0.125. The van der Waals surface area contributed by atoms with Crippen molar-refractivity contribution in [3.63, 3.8) is 0 Å². The molecule has 0 saturated heterocycles. The Labute approximate surface area is 103 Å². The smallest absolute Gasteiger partial charge is 0.316 e. The average molecular weight is 245 g/mol. The van der Waals surface area contributed by atoms with E-state index in [-0.39, 0.29) is 5.95 Å². The molecule has 7 heteroatoms. The Morgan fingerprint density at radius 1 is 1.17 bits per heavy atom. The van der Waals surface area contributed by atoms with Crippen LogP contribution in [0.15, 0.2) is 30.6 Å². The summed E-state index contributed by atoms with van der Waals surface area (Å²) in [6.07, 6.45) is 1.23. The van der Waals surface area contributed by atoms with E-state index in [1.165, 1.54) is 6.33 Å². The van der Waals surface area contributed by atoms with Gasteiger partial charge in [-0.15, -0.1) is 0 Å². The number of aromatic nitrogens is 3. The van der Waals surface area contributed by atoms with Gasteiger partial charge in [0, 0.05) is 5.69 Å². The van der Waals surface area contributed by atoms with E-state index in [0.29, 0.717) is 5.69 Å². The molecular formula is C11H11N5O2. The molecule has 3 N–H and O–H groups in total. The average Bonchev–Trinajstić information content (AvgIpc) is 2.84. The van der Waals surface area contributed by atoms with Gasteiger partial charge in [-0.2, -0.15) is 10.1 Å². The molecule has 2 amide bonds. The molecule has 0 fully saturated rings. The van der Waals surface area contributed by atoms with Crippen LogP contribution in [0, 0.1) is 6.92 Å². The van der Waals surface area contributed by atoms with E-state index >= 15 is 0 Å². The number of anilines is 2. The molecule has 0 aliphatic rings. The summed E-state index contributed by atoms with van der Waals surface area (Å²) in [4.78, 5) is 26.8. The molecule has 92 valence electrons. The van der Waals surface area contributed by atoms with E-state index in [1.807, 2.05) is 19.1 Å². The van der Waals surface area contributed by atoms with Crippen LogP contribution >= 0.6 is 0 Å². The molecule has 18 heavy (non-hydrogen) atoms. The second-order valence-electron chi connectivity index (χ2n) is 3.56.